The number of nitrogens with one attached hydrogen (secondary N) is 2. The Balaban J connectivity index is 0.000000140. The predicted octanol–water partition coefficient (Wildman–Crippen LogP) is 6.15. The number of fused-ring (bicyclic) bond motifs is 6. The van der Waals surface area contributed by atoms with Gasteiger partial charge in [0, 0.05) is 71.9 Å². The third-order valence-electron chi connectivity index (χ3n) is 8.20. The van der Waals surface area contributed by atoms with Gasteiger partial charge in [-0.05, 0) is 73.5 Å². The van der Waals surface area contributed by atoms with E-state index in [4.69, 9.17) is 0 Å². The van der Waals surface area contributed by atoms with E-state index in [1.807, 2.05) is 47.9 Å². The number of amides is 2. The average Bonchev–Trinajstić information content (AvgIpc) is 3.63. The van der Waals surface area contributed by atoms with Crippen LogP contribution in [0, 0.1) is 5.82 Å². The molecule has 0 fully saturated rings. The maximum atomic E-state index is 14.0. The van der Waals surface area contributed by atoms with Crippen molar-refractivity contribution in [1.82, 2.24) is 29.7 Å². The molecule has 0 radical (unpaired) electrons. The summed E-state index contributed by atoms with van der Waals surface area (Å²) in [7, 11) is 0. The molecule has 8 rings (SSSR count). The number of benzene rings is 2. The number of halogens is 1. The van der Waals surface area contributed by atoms with Gasteiger partial charge in [0.15, 0.2) is 0 Å². The number of aromatic nitrogens is 4. The van der Waals surface area contributed by atoms with Crippen molar-refractivity contribution < 1.29 is 14.0 Å². The zero-order valence-electron chi connectivity index (χ0n) is 23.7. The first-order valence-electron chi connectivity index (χ1n) is 14.3. The van der Waals surface area contributed by atoms with E-state index in [0.29, 0.717) is 18.8 Å². The van der Waals surface area contributed by atoms with Gasteiger partial charge in [-0.25, -0.2) is 4.39 Å². The molecule has 2 aliphatic rings. The van der Waals surface area contributed by atoms with Crippen molar-refractivity contribution >= 4 is 33.6 Å². The van der Waals surface area contributed by atoms with Crippen LogP contribution in [0.4, 0.5) is 4.39 Å². The van der Waals surface area contributed by atoms with Crippen LogP contribution in [0.25, 0.3) is 44.1 Å². The lowest BCUT2D eigenvalue weighted by Crippen LogP contribution is -2.37. The molecule has 4 aromatic heterocycles. The Labute approximate surface area is 247 Å². The van der Waals surface area contributed by atoms with Crippen LogP contribution in [-0.2, 0) is 0 Å². The van der Waals surface area contributed by atoms with Gasteiger partial charge in [0.05, 0.1) is 11.0 Å². The zero-order chi connectivity index (χ0) is 29.7. The molecule has 0 saturated heterocycles. The van der Waals surface area contributed by atoms with Gasteiger partial charge in [0.1, 0.15) is 17.2 Å². The number of carbonyl (C=O) groups is 2. The largest absolute Gasteiger partial charge is 0.349 e. The fourth-order valence-electron chi connectivity index (χ4n) is 6.25. The number of nitrogens with zero attached hydrogens (tertiary/aromatic N) is 4. The van der Waals surface area contributed by atoms with Crippen LogP contribution in [0.2, 0.25) is 0 Å². The maximum absolute atomic E-state index is 14.0. The molecule has 0 bridgehead atoms. The van der Waals surface area contributed by atoms with E-state index in [1.54, 1.807) is 30.9 Å². The fourth-order valence-corrected chi connectivity index (χ4v) is 6.25. The van der Waals surface area contributed by atoms with Gasteiger partial charge >= 0.3 is 0 Å². The van der Waals surface area contributed by atoms with Crippen molar-refractivity contribution in [3.63, 3.8) is 0 Å². The second-order valence-electron chi connectivity index (χ2n) is 11.0. The molecule has 2 N–H and O–H groups in total. The Hall–Kier alpha value is -5.31. The smallest absolute Gasteiger partial charge is 0.268 e. The molecule has 0 aliphatic carbocycles. The summed E-state index contributed by atoms with van der Waals surface area (Å²) >= 11 is 0. The molecule has 2 aliphatic heterocycles. The second-order valence-corrected chi connectivity index (χ2v) is 11.0. The van der Waals surface area contributed by atoms with E-state index in [1.165, 1.54) is 12.1 Å². The van der Waals surface area contributed by atoms with Crippen molar-refractivity contribution in [1.29, 1.82) is 0 Å². The minimum atomic E-state index is -0.310. The molecule has 0 unspecified atom stereocenters. The summed E-state index contributed by atoms with van der Waals surface area (Å²) in [5.41, 5.74) is 7.27. The predicted molar refractivity (Wildman–Crippen MR) is 164 cm³/mol. The lowest BCUT2D eigenvalue weighted by atomic mass is 10.0. The Bertz CT molecular complexity index is 2020. The molecule has 2 atom stereocenters. The molecule has 43 heavy (non-hydrogen) atoms. The standard InChI is InChI=1S/C17H14FN3O.C17H15N3O/c1-10-9-20-17(22)15-7-12-6-13(18)8-14(16(12)21(10)15)11-2-4-19-5-3-11;1-11-10-19-17(21)15-9-13-3-2-4-14(16(13)20(11)15)12-5-7-18-8-6-12/h2-8,10H,9H2,1H3,(H,20,22);2-9,11H,10H2,1H3,(H,19,21)/t10-;11-/m11/s1. The summed E-state index contributed by atoms with van der Waals surface area (Å²) < 4.78 is 18.2. The first-order chi connectivity index (χ1) is 20.9. The summed E-state index contributed by atoms with van der Waals surface area (Å²) in [6, 6.07) is 21.0. The highest BCUT2D eigenvalue weighted by Crippen LogP contribution is 2.36. The summed E-state index contributed by atoms with van der Waals surface area (Å²) in [5.74, 6) is -0.421. The first-order valence-corrected chi connectivity index (χ1v) is 14.3. The maximum Gasteiger partial charge on any atom is 0.268 e. The monoisotopic (exact) mass is 572 g/mol. The van der Waals surface area contributed by atoms with Gasteiger partial charge < -0.3 is 19.8 Å². The van der Waals surface area contributed by atoms with Crippen LogP contribution in [0.1, 0.15) is 46.9 Å². The fraction of sp³-hybridized carbons (Fsp3) is 0.176. The number of pyridine rings is 2. The van der Waals surface area contributed by atoms with Crippen LogP contribution in [0.5, 0.6) is 0 Å². The van der Waals surface area contributed by atoms with Crippen molar-refractivity contribution in [3.05, 3.63) is 109 Å². The van der Waals surface area contributed by atoms with Crippen LogP contribution in [0.3, 0.4) is 0 Å². The Morgan fingerprint density at radius 1 is 0.674 bits per heavy atom. The second kappa shape index (κ2) is 10.5. The van der Waals surface area contributed by atoms with Crippen LogP contribution >= 0.6 is 0 Å². The number of hydrogen-bond acceptors (Lipinski definition) is 4. The van der Waals surface area contributed by atoms with E-state index in [0.717, 1.165) is 49.8 Å². The lowest BCUT2D eigenvalue weighted by molar-refractivity contribution is 0.0911. The Morgan fingerprint density at radius 3 is 1.77 bits per heavy atom. The number of para-hydroxylation sites is 1. The van der Waals surface area contributed by atoms with Crippen molar-refractivity contribution in [3.8, 4) is 22.3 Å². The van der Waals surface area contributed by atoms with Crippen molar-refractivity contribution in [2.45, 2.75) is 25.9 Å². The Morgan fingerprint density at radius 2 is 1.19 bits per heavy atom. The van der Waals surface area contributed by atoms with Gasteiger partial charge in [0.25, 0.3) is 11.8 Å². The van der Waals surface area contributed by atoms with E-state index in [-0.39, 0.29) is 29.7 Å². The summed E-state index contributed by atoms with van der Waals surface area (Å²) in [4.78, 5) is 32.3. The molecular weight excluding hydrogens is 543 g/mol. The summed E-state index contributed by atoms with van der Waals surface area (Å²) in [6.45, 7) is 5.41. The van der Waals surface area contributed by atoms with Crippen LogP contribution < -0.4 is 10.6 Å². The van der Waals surface area contributed by atoms with Gasteiger partial charge in [-0.15, -0.1) is 0 Å². The molecule has 0 saturated carbocycles. The number of carbonyl (C=O) groups excluding carboxylic acids is 2. The third-order valence-corrected chi connectivity index (χ3v) is 8.20. The van der Waals surface area contributed by atoms with Crippen LogP contribution in [0.15, 0.2) is 91.5 Å². The highest BCUT2D eigenvalue weighted by Gasteiger charge is 2.27. The lowest BCUT2D eigenvalue weighted by Gasteiger charge is -2.25. The van der Waals surface area contributed by atoms with Crippen molar-refractivity contribution in [2.75, 3.05) is 13.1 Å². The van der Waals surface area contributed by atoms with E-state index < -0.39 is 0 Å². The van der Waals surface area contributed by atoms with Gasteiger partial charge in [0.2, 0.25) is 0 Å². The molecular formula is C34H29FN6O2. The molecule has 2 aromatic carbocycles. The normalized spacial score (nSPS) is 17.5. The third kappa shape index (κ3) is 4.53. The highest BCUT2D eigenvalue weighted by molar-refractivity contribution is 6.05. The Kier molecular flexibility index (Phi) is 6.50. The number of rotatable bonds is 2. The molecule has 9 heteroatoms. The summed E-state index contributed by atoms with van der Waals surface area (Å²) in [6.07, 6.45) is 6.96. The molecule has 2 amide bonds. The minimum Gasteiger partial charge on any atom is -0.349 e. The molecule has 6 aromatic rings. The van der Waals surface area contributed by atoms with Gasteiger partial charge in [-0.3, -0.25) is 19.6 Å². The molecule has 8 nitrogen and oxygen atoms in total. The molecule has 6 heterocycles. The zero-order valence-corrected chi connectivity index (χ0v) is 23.7. The molecule has 214 valence electrons. The van der Waals surface area contributed by atoms with E-state index in [2.05, 4.69) is 44.2 Å². The van der Waals surface area contributed by atoms with Crippen LogP contribution in [-0.4, -0.2) is 44.0 Å². The summed E-state index contributed by atoms with van der Waals surface area (Å²) in [5, 5.41) is 7.64. The van der Waals surface area contributed by atoms with Gasteiger partial charge in [-0.2, -0.15) is 0 Å². The van der Waals surface area contributed by atoms with E-state index >= 15 is 0 Å². The quantitative estimate of drug-likeness (QED) is 0.260. The average molecular weight is 573 g/mol. The van der Waals surface area contributed by atoms with Gasteiger partial charge in [-0.1, -0.05) is 18.2 Å². The minimum absolute atomic E-state index is 0.00461. The topological polar surface area (TPSA) is 93.8 Å². The highest BCUT2D eigenvalue weighted by atomic mass is 19.1. The molecule has 0 spiro atoms. The van der Waals surface area contributed by atoms with E-state index in [9.17, 15) is 14.0 Å². The van der Waals surface area contributed by atoms with Crippen molar-refractivity contribution in [2.24, 2.45) is 0 Å². The SMILES string of the molecule is C[C@@H]1CNC(=O)c2cc3cc(F)cc(-c4ccncc4)c3n21.C[C@@H]1CNC(=O)c2cc3cccc(-c4ccncc4)c3n21. The first kappa shape index (κ1) is 26.6. The number of hydrogen-bond donors (Lipinski definition) is 2.